The monoisotopic (exact) mass is 257 g/mol. The highest BCUT2D eigenvalue weighted by Gasteiger charge is 2.06. The SMILES string of the molecule is CCOCC(C)Nc1cc(NN)nc(SC)n1. The summed E-state index contributed by atoms with van der Waals surface area (Å²) < 4.78 is 5.33. The van der Waals surface area contributed by atoms with Crippen LogP contribution in [-0.4, -0.2) is 35.5 Å². The zero-order chi connectivity index (χ0) is 12.7. The topological polar surface area (TPSA) is 85.1 Å². The number of thioether (sulfide) groups is 1. The second-order valence-corrected chi connectivity index (χ2v) is 4.25. The number of hydrazine groups is 1. The van der Waals surface area contributed by atoms with Crippen molar-refractivity contribution < 1.29 is 4.74 Å². The van der Waals surface area contributed by atoms with Gasteiger partial charge in [0.1, 0.15) is 11.6 Å². The van der Waals surface area contributed by atoms with E-state index in [0.717, 1.165) is 5.82 Å². The average molecular weight is 257 g/mol. The predicted molar refractivity (Wildman–Crippen MR) is 71.2 cm³/mol. The van der Waals surface area contributed by atoms with E-state index in [0.29, 0.717) is 24.2 Å². The first-order valence-corrected chi connectivity index (χ1v) is 6.66. The smallest absolute Gasteiger partial charge is 0.191 e. The molecule has 1 atom stereocenters. The van der Waals surface area contributed by atoms with Crippen LogP contribution in [0.25, 0.3) is 0 Å². The van der Waals surface area contributed by atoms with Crippen LogP contribution in [0.4, 0.5) is 11.6 Å². The zero-order valence-electron chi connectivity index (χ0n) is 10.4. The number of hydrogen-bond donors (Lipinski definition) is 3. The van der Waals surface area contributed by atoms with Crippen LogP contribution in [0.2, 0.25) is 0 Å². The molecule has 6 nitrogen and oxygen atoms in total. The Morgan fingerprint density at radius 2 is 2.18 bits per heavy atom. The van der Waals surface area contributed by atoms with Crippen LogP contribution >= 0.6 is 11.8 Å². The number of aromatic nitrogens is 2. The van der Waals surface area contributed by atoms with Crippen molar-refractivity contribution in [1.29, 1.82) is 0 Å². The van der Waals surface area contributed by atoms with Crippen LogP contribution in [0.3, 0.4) is 0 Å². The summed E-state index contributed by atoms with van der Waals surface area (Å²) >= 11 is 1.47. The van der Waals surface area contributed by atoms with Crippen LogP contribution in [0.5, 0.6) is 0 Å². The highest BCUT2D eigenvalue weighted by atomic mass is 32.2. The van der Waals surface area contributed by atoms with Crippen LogP contribution in [-0.2, 0) is 4.74 Å². The molecule has 4 N–H and O–H groups in total. The Hall–Kier alpha value is -1.05. The summed E-state index contributed by atoms with van der Waals surface area (Å²) in [6.45, 7) is 5.35. The molecule has 0 amide bonds. The normalized spacial score (nSPS) is 12.2. The lowest BCUT2D eigenvalue weighted by atomic mass is 10.3. The van der Waals surface area contributed by atoms with Gasteiger partial charge in [-0.1, -0.05) is 11.8 Å². The lowest BCUT2D eigenvalue weighted by molar-refractivity contribution is 0.141. The number of hydrogen-bond acceptors (Lipinski definition) is 7. The number of nitrogens with zero attached hydrogens (tertiary/aromatic N) is 2. The van der Waals surface area contributed by atoms with Crippen molar-refractivity contribution in [3.8, 4) is 0 Å². The molecule has 7 heteroatoms. The largest absolute Gasteiger partial charge is 0.380 e. The lowest BCUT2D eigenvalue weighted by Crippen LogP contribution is -2.23. The third kappa shape index (κ3) is 4.76. The fourth-order valence-corrected chi connectivity index (χ4v) is 1.63. The van der Waals surface area contributed by atoms with Crippen LogP contribution < -0.4 is 16.6 Å². The van der Waals surface area contributed by atoms with Crippen LogP contribution in [0, 0.1) is 0 Å². The first-order chi connectivity index (χ1) is 8.19. The minimum absolute atomic E-state index is 0.185. The molecule has 1 unspecified atom stereocenters. The van der Waals surface area contributed by atoms with Crippen molar-refractivity contribution >= 4 is 23.4 Å². The quantitative estimate of drug-likeness (QED) is 0.294. The summed E-state index contributed by atoms with van der Waals surface area (Å²) in [6, 6.07) is 1.95. The van der Waals surface area contributed by atoms with Crippen molar-refractivity contribution in [2.45, 2.75) is 25.0 Å². The van der Waals surface area contributed by atoms with Gasteiger partial charge in [0, 0.05) is 18.7 Å². The maximum Gasteiger partial charge on any atom is 0.191 e. The molecule has 17 heavy (non-hydrogen) atoms. The first-order valence-electron chi connectivity index (χ1n) is 5.43. The number of nitrogens with one attached hydrogen (secondary N) is 2. The Labute approximate surface area is 106 Å². The summed E-state index contributed by atoms with van der Waals surface area (Å²) in [5.74, 6) is 6.68. The Kier molecular flexibility index (Phi) is 6.03. The molecular formula is C10H19N5OS. The van der Waals surface area contributed by atoms with E-state index >= 15 is 0 Å². The van der Waals surface area contributed by atoms with Gasteiger partial charge in [-0.2, -0.15) is 0 Å². The molecule has 0 aliphatic rings. The van der Waals surface area contributed by atoms with Crippen molar-refractivity contribution in [2.24, 2.45) is 5.84 Å². The summed E-state index contributed by atoms with van der Waals surface area (Å²) in [4.78, 5) is 8.52. The van der Waals surface area contributed by atoms with Gasteiger partial charge in [0.2, 0.25) is 0 Å². The third-order valence-electron chi connectivity index (χ3n) is 2.00. The highest BCUT2D eigenvalue weighted by Crippen LogP contribution is 2.17. The molecular weight excluding hydrogens is 238 g/mol. The average Bonchev–Trinajstić information content (AvgIpc) is 2.35. The fourth-order valence-electron chi connectivity index (χ4n) is 1.25. The van der Waals surface area contributed by atoms with Gasteiger partial charge in [-0.3, -0.25) is 0 Å². The van der Waals surface area contributed by atoms with Gasteiger partial charge < -0.3 is 15.5 Å². The van der Waals surface area contributed by atoms with Crippen molar-refractivity contribution in [3.05, 3.63) is 6.07 Å². The molecule has 1 aromatic heterocycles. The Balaban J connectivity index is 2.68. The van der Waals surface area contributed by atoms with E-state index in [2.05, 4.69) is 20.7 Å². The Bertz CT molecular complexity index is 327. The molecule has 1 aromatic rings. The van der Waals surface area contributed by atoms with Gasteiger partial charge in [-0.15, -0.1) is 0 Å². The number of anilines is 2. The van der Waals surface area contributed by atoms with E-state index in [1.165, 1.54) is 11.8 Å². The van der Waals surface area contributed by atoms with Crippen molar-refractivity contribution in [1.82, 2.24) is 9.97 Å². The molecule has 0 saturated heterocycles. The molecule has 0 aliphatic heterocycles. The maximum atomic E-state index is 5.35. The Morgan fingerprint density at radius 1 is 1.47 bits per heavy atom. The first kappa shape index (κ1) is 14.0. The summed E-state index contributed by atoms with van der Waals surface area (Å²) in [7, 11) is 0. The molecule has 0 radical (unpaired) electrons. The van der Waals surface area contributed by atoms with Gasteiger partial charge in [0.15, 0.2) is 5.16 Å². The second-order valence-electron chi connectivity index (χ2n) is 3.47. The Morgan fingerprint density at radius 3 is 2.76 bits per heavy atom. The molecule has 1 heterocycles. The number of ether oxygens (including phenoxy) is 1. The molecule has 0 aromatic carbocycles. The van der Waals surface area contributed by atoms with Crippen molar-refractivity contribution in [2.75, 3.05) is 30.2 Å². The zero-order valence-corrected chi connectivity index (χ0v) is 11.2. The summed E-state index contributed by atoms with van der Waals surface area (Å²) in [5, 5.41) is 3.91. The molecule has 0 fully saturated rings. The molecule has 0 aliphatic carbocycles. The van der Waals surface area contributed by atoms with Gasteiger partial charge in [0.05, 0.1) is 6.61 Å². The van der Waals surface area contributed by atoms with E-state index in [9.17, 15) is 0 Å². The fraction of sp³-hybridized carbons (Fsp3) is 0.600. The standard InChI is InChI=1S/C10H19N5OS/c1-4-16-6-7(2)12-8-5-9(15-11)14-10(13-8)17-3/h5,7H,4,6,11H2,1-3H3,(H2,12,13,14,15). The molecule has 96 valence electrons. The summed E-state index contributed by atoms with van der Waals surface area (Å²) in [5.41, 5.74) is 2.52. The summed E-state index contributed by atoms with van der Waals surface area (Å²) in [6.07, 6.45) is 1.92. The van der Waals surface area contributed by atoms with E-state index in [-0.39, 0.29) is 6.04 Å². The number of rotatable bonds is 7. The predicted octanol–water partition coefficient (Wildman–Crippen LogP) is 1.32. The van der Waals surface area contributed by atoms with Crippen molar-refractivity contribution in [3.63, 3.8) is 0 Å². The molecule has 0 bridgehead atoms. The molecule has 0 spiro atoms. The third-order valence-corrected chi connectivity index (χ3v) is 2.55. The van der Waals surface area contributed by atoms with Gasteiger partial charge in [-0.25, -0.2) is 15.8 Å². The lowest BCUT2D eigenvalue weighted by Gasteiger charge is -2.15. The second kappa shape index (κ2) is 7.31. The van der Waals surface area contributed by atoms with Gasteiger partial charge in [-0.05, 0) is 20.1 Å². The minimum Gasteiger partial charge on any atom is -0.380 e. The van der Waals surface area contributed by atoms with Gasteiger partial charge >= 0.3 is 0 Å². The minimum atomic E-state index is 0.185. The van der Waals surface area contributed by atoms with E-state index in [1.807, 2.05) is 20.1 Å². The molecule has 1 rings (SSSR count). The molecule has 0 saturated carbocycles. The van der Waals surface area contributed by atoms with Crippen LogP contribution in [0.15, 0.2) is 11.2 Å². The highest BCUT2D eigenvalue weighted by molar-refractivity contribution is 7.98. The van der Waals surface area contributed by atoms with E-state index in [1.54, 1.807) is 6.07 Å². The number of nitrogens with two attached hydrogens (primary N) is 1. The van der Waals surface area contributed by atoms with Gasteiger partial charge in [0.25, 0.3) is 0 Å². The number of nitrogen functional groups attached to an aromatic ring is 1. The van der Waals surface area contributed by atoms with Crippen LogP contribution in [0.1, 0.15) is 13.8 Å². The maximum absolute atomic E-state index is 5.35. The van der Waals surface area contributed by atoms with E-state index < -0.39 is 0 Å². The van der Waals surface area contributed by atoms with E-state index in [4.69, 9.17) is 10.6 Å².